The Balaban J connectivity index is 0.000000467. The van der Waals surface area contributed by atoms with Gasteiger partial charge in [0.1, 0.15) is 0 Å². The van der Waals surface area contributed by atoms with E-state index in [4.69, 9.17) is 10.2 Å². The van der Waals surface area contributed by atoms with Gasteiger partial charge in [0.15, 0.2) is 0 Å². The number of rotatable bonds is 28. The van der Waals surface area contributed by atoms with Gasteiger partial charge in [-0.25, -0.2) is 0 Å². The second-order valence-electron chi connectivity index (χ2n) is 19.9. The quantitative estimate of drug-likeness (QED) is 0.0624. The third kappa shape index (κ3) is 28.7. The molecule has 1 heterocycles. The maximum Gasteiger partial charge on any atom is 0.303 e. The Hall–Kier alpha value is -3.72. The number of anilines is 2. The molecule has 3 atom stereocenters. The van der Waals surface area contributed by atoms with Crippen LogP contribution in [0, 0.1) is 39.5 Å². The van der Waals surface area contributed by atoms with Gasteiger partial charge in [-0.15, -0.1) is 0 Å². The predicted octanol–water partition coefficient (Wildman–Crippen LogP) is 16.3. The minimum absolute atomic E-state index is 0.0457. The van der Waals surface area contributed by atoms with Gasteiger partial charge < -0.3 is 20.8 Å². The first-order valence-corrected chi connectivity index (χ1v) is 27.7. The van der Waals surface area contributed by atoms with Gasteiger partial charge in [0.2, 0.25) is 11.8 Å². The lowest BCUT2D eigenvalue weighted by molar-refractivity contribution is -0.138. The maximum absolute atomic E-state index is 12.7. The molecular weight excluding hydrogens is 847 g/mol. The van der Waals surface area contributed by atoms with E-state index in [-0.39, 0.29) is 23.8 Å². The van der Waals surface area contributed by atoms with Crippen molar-refractivity contribution < 1.29 is 29.4 Å². The molecule has 2 fully saturated rings. The molecule has 2 amide bonds. The van der Waals surface area contributed by atoms with Crippen LogP contribution in [0.25, 0.3) is 0 Å². The summed E-state index contributed by atoms with van der Waals surface area (Å²) in [7, 11) is 0. The topological polar surface area (TPSA) is 136 Å². The van der Waals surface area contributed by atoms with Crippen molar-refractivity contribution in [1.29, 1.82) is 0 Å². The van der Waals surface area contributed by atoms with Crippen molar-refractivity contribution in [2.75, 3.05) is 23.7 Å². The average molecular weight is 948 g/mol. The summed E-state index contributed by atoms with van der Waals surface area (Å²) in [6.07, 6.45) is 34.3. The smallest absolute Gasteiger partial charge is 0.303 e. The molecule has 1 saturated heterocycles. The van der Waals surface area contributed by atoms with E-state index in [9.17, 15) is 19.2 Å². The zero-order valence-electron chi connectivity index (χ0n) is 44.8. The molecule has 1 saturated carbocycles. The molecule has 68 heavy (non-hydrogen) atoms. The predicted molar refractivity (Wildman–Crippen MR) is 288 cm³/mol. The summed E-state index contributed by atoms with van der Waals surface area (Å²) in [6.45, 7) is 19.2. The summed E-state index contributed by atoms with van der Waals surface area (Å²) < 4.78 is 0. The standard InChI is InChI=1S/C19H29NO.C18H28N2O.C12H24O2.C10H20O2/c1-4-5-11-16-12-6-7-13-17(16)19(21)20-18-14(2)9-8-10-15(18)3;1-4-5-12-20-13-7-6-11-16(20)18(21)19-17-14(2)9-8-10-15(17)3;1-2-3-4-5-6-7-8-9-10-11-12(13)14;1-2-3-4-5-6-7-8-9-10(11)12/h8-10,16-17H,4-7,11-13H2,1-3H3,(H,20,21);8-10,16H,4-7,11-13H2,1-3H3,(H,19,21);2-11H2,1H3,(H,13,14);2-9H2,1H3,(H,11,12)/t16?,17-;16-;;/m10../s1. The van der Waals surface area contributed by atoms with E-state index in [1.54, 1.807) is 0 Å². The van der Waals surface area contributed by atoms with Crippen LogP contribution < -0.4 is 10.6 Å². The van der Waals surface area contributed by atoms with Gasteiger partial charge in [-0.2, -0.15) is 0 Å². The van der Waals surface area contributed by atoms with Crippen LogP contribution in [-0.4, -0.2) is 58.0 Å². The zero-order chi connectivity index (χ0) is 50.4. The second kappa shape index (κ2) is 40.1. The number of carbonyl (C=O) groups excluding carboxylic acids is 2. The van der Waals surface area contributed by atoms with Crippen LogP contribution in [-0.2, 0) is 19.2 Å². The van der Waals surface area contributed by atoms with E-state index >= 15 is 0 Å². The number of benzene rings is 2. The monoisotopic (exact) mass is 948 g/mol. The third-order valence-electron chi connectivity index (χ3n) is 13.8. The molecule has 9 heteroatoms. The molecule has 0 bridgehead atoms. The fraction of sp³-hybridized carbons (Fsp3) is 0.729. The number of carboxylic acids is 2. The Morgan fingerprint density at radius 1 is 0.500 bits per heavy atom. The minimum atomic E-state index is -0.663. The summed E-state index contributed by atoms with van der Waals surface area (Å²) in [4.78, 5) is 48.1. The fourth-order valence-electron chi connectivity index (χ4n) is 9.55. The molecule has 1 aliphatic carbocycles. The molecule has 1 unspecified atom stereocenters. The zero-order valence-corrected chi connectivity index (χ0v) is 44.8. The summed E-state index contributed by atoms with van der Waals surface area (Å²) in [6, 6.07) is 12.4. The molecule has 0 aromatic heterocycles. The van der Waals surface area contributed by atoms with E-state index in [1.165, 1.54) is 135 Å². The lowest BCUT2D eigenvalue weighted by atomic mass is 9.76. The highest BCUT2D eigenvalue weighted by atomic mass is 16.4. The van der Waals surface area contributed by atoms with Crippen LogP contribution in [0.4, 0.5) is 11.4 Å². The van der Waals surface area contributed by atoms with Crippen molar-refractivity contribution >= 4 is 35.1 Å². The fourth-order valence-corrected chi connectivity index (χ4v) is 9.55. The first kappa shape index (κ1) is 62.3. The lowest BCUT2D eigenvalue weighted by Gasteiger charge is -2.34. The number of likely N-dealkylation sites (tertiary alicyclic amines) is 1. The molecule has 388 valence electrons. The molecule has 2 aromatic carbocycles. The van der Waals surface area contributed by atoms with Crippen LogP contribution in [0.1, 0.15) is 243 Å². The number of aliphatic carboxylic acids is 2. The van der Waals surface area contributed by atoms with Crippen LogP contribution in [0.15, 0.2) is 36.4 Å². The Labute approximate surface area is 416 Å². The summed E-state index contributed by atoms with van der Waals surface area (Å²) in [5.41, 5.74) is 6.60. The Morgan fingerprint density at radius 2 is 0.897 bits per heavy atom. The molecule has 0 spiro atoms. The number of nitrogens with one attached hydrogen (secondary N) is 2. The molecule has 0 radical (unpaired) electrons. The molecule has 4 N–H and O–H groups in total. The van der Waals surface area contributed by atoms with E-state index in [1.807, 2.05) is 12.1 Å². The summed E-state index contributed by atoms with van der Waals surface area (Å²) in [5.74, 6) is -0.111. The number of nitrogens with zero attached hydrogens (tertiary/aromatic N) is 1. The van der Waals surface area contributed by atoms with E-state index in [0.717, 1.165) is 91.7 Å². The normalized spacial score (nSPS) is 16.7. The largest absolute Gasteiger partial charge is 0.481 e. The Kier molecular flexibility index (Phi) is 36.7. The highest BCUT2D eigenvalue weighted by Crippen LogP contribution is 2.35. The Bertz CT molecular complexity index is 1510. The van der Waals surface area contributed by atoms with Crippen LogP contribution in [0.2, 0.25) is 0 Å². The van der Waals surface area contributed by atoms with Crippen LogP contribution in [0.3, 0.4) is 0 Å². The average Bonchev–Trinajstić information content (AvgIpc) is 3.32. The van der Waals surface area contributed by atoms with Gasteiger partial charge in [0.05, 0.1) is 6.04 Å². The first-order valence-electron chi connectivity index (χ1n) is 27.7. The first-order chi connectivity index (χ1) is 32.8. The number of para-hydroxylation sites is 2. The van der Waals surface area contributed by atoms with Crippen molar-refractivity contribution in [2.24, 2.45) is 11.8 Å². The van der Waals surface area contributed by atoms with Gasteiger partial charge in [-0.3, -0.25) is 24.1 Å². The number of hydrogen-bond acceptors (Lipinski definition) is 5. The maximum atomic E-state index is 12.7. The number of amides is 2. The van der Waals surface area contributed by atoms with Gasteiger partial charge in [0, 0.05) is 30.1 Å². The second-order valence-corrected chi connectivity index (χ2v) is 19.9. The third-order valence-corrected chi connectivity index (χ3v) is 13.8. The van der Waals surface area contributed by atoms with Gasteiger partial charge in [-0.05, 0) is 120 Å². The minimum Gasteiger partial charge on any atom is -0.481 e. The number of hydrogen-bond donors (Lipinski definition) is 4. The number of aryl methyl sites for hydroxylation is 4. The number of piperidine rings is 1. The number of carboxylic acid groups (broad SMARTS) is 2. The van der Waals surface area contributed by atoms with E-state index in [0.29, 0.717) is 18.8 Å². The van der Waals surface area contributed by atoms with E-state index < -0.39 is 11.9 Å². The van der Waals surface area contributed by atoms with Gasteiger partial charge >= 0.3 is 11.9 Å². The molecule has 9 nitrogen and oxygen atoms in total. The van der Waals surface area contributed by atoms with Gasteiger partial charge in [0.25, 0.3) is 0 Å². The van der Waals surface area contributed by atoms with Crippen LogP contribution in [0.5, 0.6) is 0 Å². The highest BCUT2D eigenvalue weighted by Gasteiger charge is 2.31. The summed E-state index contributed by atoms with van der Waals surface area (Å²) in [5, 5.41) is 23.2. The Morgan fingerprint density at radius 3 is 1.34 bits per heavy atom. The molecule has 4 rings (SSSR count). The highest BCUT2D eigenvalue weighted by molar-refractivity contribution is 5.96. The van der Waals surface area contributed by atoms with Crippen molar-refractivity contribution in [3.05, 3.63) is 58.7 Å². The van der Waals surface area contributed by atoms with Crippen LogP contribution >= 0.6 is 0 Å². The molecular formula is C59H101N3O6. The van der Waals surface area contributed by atoms with Crippen molar-refractivity contribution in [3.63, 3.8) is 0 Å². The molecule has 1 aliphatic heterocycles. The molecule has 2 aromatic rings. The number of carbonyl (C=O) groups is 4. The van der Waals surface area contributed by atoms with E-state index in [2.05, 4.69) is 95.2 Å². The SMILES string of the molecule is CCCCC1CCCC[C@H]1C(=O)Nc1c(C)cccc1C.CCCCCCCCCC(=O)O.CCCCCCCCCCCC(=O)O.CCCCN1CCCC[C@H]1C(=O)Nc1c(C)cccc1C. The van der Waals surface area contributed by atoms with Crippen molar-refractivity contribution in [2.45, 2.75) is 254 Å². The molecule has 2 aliphatic rings. The van der Waals surface area contributed by atoms with Crippen molar-refractivity contribution in [3.8, 4) is 0 Å². The summed E-state index contributed by atoms with van der Waals surface area (Å²) >= 11 is 0. The number of unbranched alkanes of at least 4 members (excludes halogenated alkanes) is 16. The lowest BCUT2D eigenvalue weighted by Crippen LogP contribution is -2.47. The van der Waals surface area contributed by atoms with Gasteiger partial charge in [-0.1, -0.05) is 193 Å². The van der Waals surface area contributed by atoms with Crippen molar-refractivity contribution in [1.82, 2.24) is 4.90 Å².